The number of unbranched alkanes of at least 4 members (excludes halogenated alkanes) is 30. The molecule has 0 amide bonds. The van der Waals surface area contributed by atoms with Gasteiger partial charge < -0.3 is 27.9 Å². The molecule has 0 bridgehead atoms. The number of carbonyl (C=O) groups excluding carboxylic acids is 2. The molecule has 1 unspecified atom stereocenters. The van der Waals surface area contributed by atoms with Crippen molar-refractivity contribution in [2.24, 2.45) is 0 Å². The molecule has 9 nitrogen and oxygen atoms in total. The van der Waals surface area contributed by atoms with Crippen LogP contribution in [0, 0.1) is 0 Å². The Labute approximate surface area is 383 Å². The first-order valence-electron chi connectivity index (χ1n) is 26.0. The maximum absolute atomic E-state index is 12.7. The van der Waals surface area contributed by atoms with E-state index in [0.717, 1.165) is 44.9 Å². The number of phosphoric ester groups is 1. The number of allylic oxidation sites excluding steroid dienone is 4. The second-order valence-corrected chi connectivity index (χ2v) is 20.3. The summed E-state index contributed by atoms with van der Waals surface area (Å²) in [6.45, 7) is 4.23. The summed E-state index contributed by atoms with van der Waals surface area (Å²) in [5.74, 6) is -0.872. The number of nitrogens with zero attached hydrogens (tertiary/aromatic N) is 1. The number of ether oxygens (including phenoxy) is 2. The summed E-state index contributed by atoms with van der Waals surface area (Å²) in [5, 5.41) is 0. The van der Waals surface area contributed by atoms with E-state index in [0.29, 0.717) is 23.9 Å². The standard InChI is InChI=1S/C52H100NO8P/c1-6-8-10-12-14-16-18-20-22-23-24-25-26-27-28-29-31-32-34-36-38-40-42-44-51(54)58-48-50(49-60-62(56,57)59-47-46-53(3,4)5)61-52(55)45-43-41-39-37-35-33-30-21-19-17-15-13-11-9-7-2/h29,31,36,38,50H,6-28,30,32-35,37,39-49H2,1-5H3/b31-29+,38-36+/t50-/m0/s1. The molecule has 0 saturated carbocycles. The SMILES string of the molecule is CCCCCCCCCCCCCCCC/C=C/CC/C=C/CCCC(=O)OC[C@@H](COP(=O)([O-])OCC[N+](C)(C)C)OC(=O)CCCCCCCCCCCCCCCCC. The van der Waals surface area contributed by atoms with Crippen LogP contribution in [-0.4, -0.2) is 70.0 Å². The highest BCUT2D eigenvalue weighted by Crippen LogP contribution is 2.38. The number of esters is 2. The Hall–Kier alpha value is -1.51. The van der Waals surface area contributed by atoms with Crippen molar-refractivity contribution in [2.75, 3.05) is 47.5 Å². The first kappa shape index (κ1) is 60.5. The highest BCUT2D eigenvalue weighted by atomic mass is 31.2. The van der Waals surface area contributed by atoms with Crippen LogP contribution >= 0.6 is 7.82 Å². The van der Waals surface area contributed by atoms with Crippen molar-refractivity contribution in [1.82, 2.24) is 0 Å². The number of rotatable bonds is 48. The summed E-state index contributed by atoms with van der Waals surface area (Å²) in [4.78, 5) is 37.7. The first-order valence-corrected chi connectivity index (χ1v) is 27.5. The van der Waals surface area contributed by atoms with Crippen LogP contribution in [-0.2, 0) is 32.7 Å². The monoisotopic (exact) mass is 898 g/mol. The van der Waals surface area contributed by atoms with Gasteiger partial charge in [0.15, 0.2) is 6.10 Å². The molecule has 0 rings (SSSR count). The fourth-order valence-electron chi connectivity index (χ4n) is 7.38. The average Bonchev–Trinajstić information content (AvgIpc) is 3.23. The molecule has 0 radical (unpaired) electrons. The molecule has 0 aromatic carbocycles. The Bertz CT molecular complexity index is 1110. The van der Waals surface area contributed by atoms with Crippen LogP contribution in [0.3, 0.4) is 0 Å². The maximum atomic E-state index is 12.7. The molecule has 0 aliphatic rings. The van der Waals surface area contributed by atoms with Gasteiger partial charge in [-0.2, -0.15) is 0 Å². The number of likely N-dealkylation sites (N-methyl/N-ethyl adjacent to an activating group) is 1. The molecule has 0 aliphatic heterocycles. The Balaban J connectivity index is 4.24. The lowest BCUT2D eigenvalue weighted by molar-refractivity contribution is -0.870. The van der Waals surface area contributed by atoms with Gasteiger partial charge in [-0.15, -0.1) is 0 Å². The Morgan fingerprint density at radius 2 is 0.855 bits per heavy atom. The Kier molecular flexibility index (Phi) is 43.6. The van der Waals surface area contributed by atoms with Gasteiger partial charge in [-0.05, 0) is 44.9 Å². The summed E-state index contributed by atoms with van der Waals surface area (Å²) in [5.41, 5.74) is 0. The van der Waals surface area contributed by atoms with Gasteiger partial charge in [-0.25, -0.2) is 0 Å². The molecule has 0 aliphatic carbocycles. The zero-order chi connectivity index (χ0) is 45.7. The van der Waals surface area contributed by atoms with E-state index in [1.165, 1.54) is 161 Å². The lowest BCUT2D eigenvalue weighted by atomic mass is 10.0. The molecule has 366 valence electrons. The predicted molar refractivity (Wildman–Crippen MR) is 259 cm³/mol. The summed E-state index contributed by atoms with van der Waals surface area (Å²) in [6, 6.07) is 0. The molecule has 0 spiro atoms. The molecule has 2 atom stereocenters. The van der Waals surface area contributed by atoms with Gasteiger partial charge in [0.2, 0.25) is 0 Å². The van der Waals surface area contributed by atoms with Crippen LogP contribution in [0.25, 0.3) is 0 Å². The van der Waals surface area contributed by atoms with E-state index < -0.39 is 32.5 Å². The number of hydrogen-bond acceptors (Lipinski definition) is 8. The van der Waals surface area contributed by atoms with E-state index in [1.54, 1.807) is 0 Å². The normalized spacial score (nSPS) is 13.6. The zero-order valence-electron chi connectivity index (χ0n) is 41.3. The van der Waals surface area contributed by atoms with Crippen LogP contribution in [0.1, 0.15) is 245 Å². The summed E-state index contributed by atoms with van der Waals surface area (Å²) >= 11 is 0. The third-order valence-electron chi connectivity index (χ3n) is 11.5. The van der Waals surface area contributed by atoms with Crippen molar-refractivity contribution in [2.45, 2.75) is 251 Å². The summed E-state index contributed by atoms with van der Waals surface area (Å²) < 4.78 is 34.0. The number of phosphoric acid groups is 1. The summed E-state index contributed by atoms with van der Waals surface area (Å²) in [6.07, 6.45) is 50.8. The van der Waals surface area contributed by atoms with Gasteiger partial charge in [0.1, 0.15) is 19.8 Å². The van der Waals surface area contributed by atoms with Crippen molar-refractivity contribution in [3.05, 3.63) is 24.3 Å². The maximum Gasteiger partial charge on any atom is 0.306 e. The van der Waals surface area contributed by atoms with Crippen molar-refractivity contribution in [3.8, 4) is 0 Å². The van der Waals surface area contributed by atoms with E-state index in [9.17, 15) is 19.0 Å². The molecule has 0 aromatic heterocycles. The van der Waals surface area contributed by atoms with Crippen molar-refractivity contribution in [3.63, 3.8) is 0 Å². The Morgan fingerprint density at radius 3 is 1.29 bits per heavy atom. The molecule has 0 N–H and O–H groups in total. The van der Waals surface area contributed by atoms with E-state index in [1.807, 2.05) is 21.1 Å². The molecule has 0 saturated heterocycles. The largest absolute Gasteiger partial charge is 0.756 e. The van der Waals surface area contributed by atoms with E-state index in [2.05, 4.69) is 38.2 Å². The van der Waals surface area contributed by atoms with E-state index in [4.69, 9.17) is 18.5 Å². The van der Waals surface area contributed by atoms with Gasteiger partial charge in [0.25, 0.3) is 7.82 Å². The number of carbonyl (C=O) groups is 2. The van der Waals surface area contributed by atoms with Crippen molar-refractivity contribution in [1.29, 1.82) is 0 Å². The second kappa shape index (κ2) is 44.7. The van der Waals surface area contributed by atoms with Gasteiger partial charge in [-0.3, -0.25) is 14.2 Å². The topological polar surface area (TPSA) is 111 Å². The van der Waals surface area contributed by atoms with E-state index in [-0.39, 0.29) is 26.1 Å². The summed E-state index contributed by atoms with van der Waals surface area (Å²) in [7, 11) is 1.16. The van der Waals surface area contributed by atoms with Gasteiger partial charge in [0.05, 0.1) is 27.7 Å². The minimum atomic E-state index is -4.63. The molecule has 0 aromatic rings. The average molecular weight is 898 g/mol. The molecular weight excluding hydrogens is 798 g/mol. The van der Waals surface area contributed by atoms with Crippen LogP contribution in [0.2, 0.25) is 0 Å². The van der Waals surface area contributed by atoms with E-state index >= 15 is 0 Å². The van der Waals surface area contributed by atoms with Crippen molar-refractivity contribution >= 4 is 19.8 Å². The third-order valence-corrected chi connectivity index (χ3v) is 12.4. The number of hydrogen-bond donors (Lipinski definition) is 0. The molecular formula is C52H100NO8P. The van der Waals surface area contributed by atoms with Gasteiger partial charge in [-0.1, -0.05) is 212 Å². The lowest BCUT2D eigenvalue weighted by Crippen LogP contribution is -2.37. The fraction of sp³-hybridized carbons (Fsp3) is 0.885. The predicted octanol–water partition coefficient (Wildman–Crippen LogP) is 14.8. The van der Waals surface area contributed by atoms with Crippen LogP contribution < -0.4 is 4.89 Å². The molecule has 10 heteroatoms. The first-order chi connectivity index (χ1) is 30.0. The Morgan fingerprint density at radius 1 is 0.484 bits per heavy atom. The minimum Gasteiger partial charge on any atom is -0.756 e. The highest BCUT2D eigenvalue weighted by Gasteiger charge is 2.21. The van der Waals surface area contributed by atoms with Gasteiger partial charge >= 0.3 is 11.9 Å². The quantitative estimate of drug-likeness (QED) is 0.0195. The third kappa shape index (κ3) is 48.0. The van der Waals surface area contributed by atoms with Crippen LogP contribution in [0.4, 0.5) is 0 Å². The molecule has 0 heterocycles. The number of quaternary nitrogens is 1. The fourth-order valence-corrected chi connectivity index (χ4v) is 8.11. The van der Waals surface area contributed by atoms with Crippen molar-refractivity contribution < 1.29 is 42.1 Å². The zero-order valence-corrected chi connectivity index (χ0v) is 42.2. The minimum absolute atomic E-state index is 0.0341. The molecule has 0 fully saturated rings. The smallest absolute Gasteiger partial charge is 0.306 e. The van der Waals surface area contributed by atoms with Gasteiger partial charge in [0, 0.05) is 12.8 Å². The molecule has 62 heavy (non-hydrogen) atoms. The van der Waals surface area contributed by atoms with Crippen LogP contribution in [0.15, 0.2) is 24.3 Å². The van der Waals surface area contributed by atoms with Crippen LogP contribution in [0.5, 0.6) is 0 Å². The highest BCUT2D eigenvalue weighted by molar-refractivity contribution is 7.45. The second-order valence-electron chi connectivity index (χ2n) is 18.9. The lowest BCUT2D eigenvalue weighted by Gasteiger charge is -2.28.